The molecule has 3 atom stereocenters. The summed E-state index contributed by atoms with van der Waals surface area (Å²) in [7, 11) is 0. The Kier molecular flexibility index (Phi) is 8.00. The van der Waals surface area contributed by atoms with Gasteiger partial charge in [0.2, 0.25) is 0 Å². The van der Waals surface area contributed by atoms with Crippen molar-refractivity contribution < 1.29 is 9.47 Å². The van der Waals surface area contributed by atoms with Crippen molar-refractivity contribution in [2.24, 2.45) is 16.8 Å². The Morgan fingerprint density at radius 1 is 1.28 bits per heavy atom. The van der Waals surface area contributed by atoms with Crippen molar-refractivity contribution in [1.82, 2.24) is 0 Å². The molecular weight excluding hydrogens is 378 g/mol. The SMILES string of the molecule is C=CCC1(CC/C(C)=C/C=C/CC/C=C\[C@]2(C)CSC([C@@H]3C[C@@H]3C)=N2)OCCO1. The molecule has 29 heavy (non-hydrogen) atoms. The Morgan fingerprint density at radius 3 is 2.69 bits per heavy atom. The maximum Gasteiger partial charge on any atom is 0.172 e. The molecule has 3 aliphatic rings. The van der Waals surface area contributed by atoms with E-state index >= 15 is 0 Å². The Bertz CT molecular complexity index is 687. The number of aliphatic imine (C=N–C) groups is 1. The summed E-state index contributed by atoms with van der Waals surface area (Å²) in [4.78, 5) is 5.00. The third-order valence-electron chi connectivity index (χ3n) is 5.97. The van der Waals surface area contributed by atoms with Gasteiger partial charge in [-0.3, -0.25) is 4.99 Å². The summed E-state index contributed by atoms with van der Waals surface area (Å²) in [5, 5.41) is 1.40. The molecule has 3 nitrogen and oxygen atoms in total. The molecule has 4 heteroatoms. The summed E-state index contributed by atoms with van der Waals surface area (Å²) < 4.78 is 11.6. The fourth-order valence-corrected chi connectivity index (χ4v) is 5.30. The third kappa shape index (κ3) is 6.70. The number of thioether (sulfide) groups is 1. The van der Waals surface area contributed by atoms with Gasteiger partial charge in [-0.2, -0.15) is 0 Å². The van der Waals surface area contributed by atoms with Gasteiger partial charge in [-0.05, 0) is 45.4 Å². The first-order chi connectivity index (χ1) is 14.0. The minimum absolute atomic E-state index is 0.00823. The number of allylic oxidation sites excluding steroid dienone is 5. The zero-order valence-electron chi connectivity index (χ0n) is 18.4. The molecule has 1 saturated heterocycles. The van der Waals surface area contributed by atoms with Gasteiger partial charge in [0.25, 0.3) is 0 Å². The van der Waals surface area contributed by atoms with Crippen molar-refractivity contribution in [3.63, 3.8) is 0 Å². The van der Waals surface area contributed by atoms with Gasteiger partial charge in [0.1, 0.15) is 0 Å². The van der Waals surface area contributed by atoms with E-state index in [4.69, 9.17) is 14.5 Å². The van der Waals surface area contributed by atoms with Gasteiger partial charge in [0.05, 0.1) is 23.8 Å². The predicted octanol–water partition coefficient (Wildman–Crippen LogP) is 6.48. The van der Waals surface area contributed by atoms with Crippen molar-refractivity contribution >= 4 is 16.8 Å². The van der Waals surface area contributed by atoms with E-state index in [9.17, 15) is 0 Å². The lowest BCUT2D eigenvalue weighted by atomic mass is 10.0. The Morgan fingerprint density at radius 2 is 2.00 bits per heavy atom. The first-order valence-corrected chi connectivity index (χ1v) is 12.1. The van der Waals surface area contributed by atoms with Gasteiger partial charge in [-0.25, -0.2) is 0 Å². The molecule has 3 rings (SSSR count). The van der Waals surface area contributed by atoms with Crippen LogP contribution in [0.5, 0.6) is 0 Å². The predicted molar refractivity (Wildman–Crippen MR) is 126 cm³/mol. The highest BCUT2D eigenvalue weighted by Crippen LogP contribution is 2.46. The van der Waals surface area contributed by atoms with Crippen LogP contribution in [-0.2, 0) is 9.47 Å². The van der Waals surface area contributed by atoms with Crippen molar-refractivity contribution in [1.29, 1.82) is 0 Å². The molecule has 1 aliphatic carbocycles. The Hall–Kier alpha value is -1.10. The molecular formula is C25H37NO2S. The van der Waals surface area contributed by atoms with Gasteiger partial charge in [0.15, 0.2) is 5.79 Å². The van der Waals surface area contributed by atoms with E-state index in [2.05, 4.69) is 57.7 Å². The second-order valence-electron chi connectivity index (χ2n) is 8.94. The van der Waals surface area contributed by atoms with Crippen LogP contribution >= 0.6 is 11.8 Å². The number of hydrogen-bond acceptors (Lipinski definition) is 4. The highest BCUT2D eigenvalue weighted by atomic mass is 32.2. The van der Waals surface area contributed by atoms with E-state index in [-0.39, 0.29) is 5.54 Å². The third-order valence-corrected chi connectivity index (χ3v) is 7.39. The van der Waals surface area contributed by atoms with E-state index in [0.717, 1.165) is 49.7 Å². The summed E-state index contributed by atoms with van der Waals surface area (Å²) in [6.45, 7) is 12.0. The molecule has 0 aromatic rings. The van der Waals surface area contributed by atoms with Crippen LogP contribution in [0, 0.1) is 11.8 Å². The maximum absolute atomic E-state index is 5.82. The van der Waals surface area contributed by atoms with E-state index in [1.165, 1.54) is 17.0 Å². The monoisotopic (exact) mass is 415 g/mol. The number of nitrogens with zero attached hydrogens (tertiary/aromatic N) is 1. The Balaban J connectivity index is 1.35. The highest BCUT2D eigenvalue weighted by molar-refractivity contribution is 8.14. The lowest BCUT2D eigenvalue weighted by Crippen LogP contribution is -2.29. The van der Waals surface area contributed by atoms with Crippen molar-refractivity contribution in [2.75, 3.05) is 19.0 Å². The molecule has 0 N–H and O–H groups in total. The molecule has 0 amide bonds. The normalized spacial score (nSPS) is 31.7. The number of unbranched alkanes of at least 4 members (excludes halogenated alkanes) is 1. The fourth-order valence-electron chi connectivity index (χ4n) is 3.89. The zero-order valence-corrected chi connectivity index (χ0v) is 19.2. The molecule has 160 valence electrons. The van der Waals surface area contributed by atoms with Crippen LogP contribution in [0.15, 0.2) is 53.6 Å². The summed E-state index contributed by atoms with van der Waals surface area (Å²) in [5.74, 6) is 2.26. The topological polar surface area (TPSA) is 30.8 Å². The lowest BCUT2D eigenvalue weighted by Gasteiger charge is -2.26. The Labute approximate surface area is 181 Å². The maximum atomic E-state index is 5.82. The van der Waals surface area contributed by atoms with Gasteiger partial charge in [-0.1, -0.05) is 49.0 Å². The van der Waals surface area contributed by atoms with Crippen LogP contribution in [0.4, 0.5) is 0 Å². The van der Waals surface area contributed by atoms with Gasteiger partial charge < -0.3 is 9.47 Å². The van der Waals surface area contributed by atoms with E-state index in [1.807, 2.05) is 17.8 Å². The van der Waals surface area contributed by atoms with Crippen molar-refractivity contribution in [3.05, 3.63) is 48.6 Å². The summed E-state index contributed by atoms with van der Waals surface area (Å²) >= 11 is 1.97. The smallest absolute Gasteiger partial charge is 0.172 e. The molecule has 0 radical (unpaired) electrons. The first-order valence-electron chi connectivity index (χ1n) is 11.1. The number of ether oxygens (including phenoxy) is 2. The van der Waals surface area contributed by atoms with Gasteiger partial charge in [-0.15, -0.1) is 18.3 Å². The van der Waals surface area contributed by atoms with Crippen molar-refractivity contribution in [2.45, 2.75) is 70.6 Å². The van der Waals surface area contributed by atoms with E-state index < -0.39 is 5.79 Å². The highest BCUT2D eigenvalue weighted by Gasteiger charge is 2.41. The summed E-state index contributed by atoms with van der Waals surface area (Å²) in [5.41, 5.74) is 1.36. The average Bonchev–Trinajstić information content (AvgIpc) is 3.07. The van der Waals surface area contributed by atoms with Gasteiger partial charge >= 0.3 is 0 Å². The molecule has 0 aromatic heterocycles. The minimum Gasteiger partial charge on any atom is -0.347 e. The fraction of sp³-hybridized carbons (Fsp3) is 0.640. The largest absolute Gasteiger partial charge is 0.347 e. The summed E-state index contributed by atoms with van der Waals surface area (Å²) in [6.07, 6.45) is 19.2. The molecule has 0 spiro atoms. The molecule has 2 fully saturated rings. The quantitative estimate of drug-likeness (QED) is 0.220. The first kappa shape index (κ1) is 22.6. The molecule has 0 unspecified atom stereocenters. The molecule has 2 heterocycles. The van der Waals surface area contributed by atoms with Crippen LogP contribution in [-0.4, -0.2) is 35.3 Å². The zero-order chi connectivity index (χ0) is 20.7. The van der Waals surface area contributed by atoms with Crippen LogP contribution in [0.1, 0.15) is 59.3 Å². The van der Waals surface area contributed by atoms with Gasteiger partial charge in [0, 0.05) is 24.5 Å². The van der Waals surface area contributed by atoms with Crippen LogP contribution in [0.3, 0.4) is 0 Å². The minimum atomic E-state index is -0.445. The molecule has 0 aromatic carbocycles. The molecule has 1 saturated carbocycles. The lowest BCUT2D eigenvalue weighted by molar-refractivity contribution is -0.158. The molecule has 2 aliphatic heterocycles. The number of rotatable bonds is 11. The second-order valence-corrected chi connectivity index (χ2v) is 9.93. The second kappa shape index (κ2) is 10.3. The summed E-state index contributed by atoms with van der Waals surface area (Å²) in [6, 6.07) is 0. The number of hydrogen-bond donors (Lipinski definition) is 0. The average molecular weight is 416 g/mol. The van der Waals surface area contributed by atoms with Crippen LogP contribution < -0.4 is 0 Å². The van der Waals surface area contributed by atoms with Crippen LogP contribution in [0.25, 0.3) is 0 Å². The van der Waals surface area contributed by atoms with E-state index in [1.54, 1.807) is 0 Å². The van der Waals surface area contributed by atoms with Crippen LogP contribution in [0.2, 0.25) is 0 Å². The standard InChI is InChI=1S/C25H37NO2S/c1-5-13-25(27-16-17-28-25)15-12-20(2)11-9-7-6-8-10-14-24(4)19-29-23(26-24)22-18-21(22)3/h5,7,9-11,14,21-22H,1,6,8,12-13,15-19H2,2-4H3/b9-7+,14-10-,20-11+/t21-,22+,24+/m0/s1. The van der Waals surface area contributed by atoms with E-state index in [0.29, 0.717) is 13.2 Å². The van der Waals surface area contributed by atoms with Crippen molar-refractivity contribution in [3.8, 4) is 0 Å². The molecule has 0 bridgehead atoms.